The number of aromatic nitrogens is 3. The van der Waals surface area contributed by atoms with E-state index in [1.165, 1.54) is 25.6 Å². The van der Waals surface area contributed by atoms with E-state index in [0.29, 0.717) is 24.4 Å². The Labute approximate surface area is 183 Å². The zero-order valence-corrected chi connectivity index (χ0v) is 18.4. The van der Waals surface area contributed by atoms with Crippen LogP contribution in [0.3, 0.4) is 0 Å². The highest BCUT2D eigenvalue weighted by atomic mass is 16.5. The van der Waals surface area contributed by atoms with E-state index in [1.807, 2.05) is 24.3 Å². The number of nitrogens with two attached hydrogens (primary N) is 1. The van der Waals surface area contributed by atoms with Crippen LogP contribution in [0.5, 0.6) is 5.75 Å². The summed E-state index contributed by atoms with van der Waals surface area (Å²) >= 11 is 0. The Balaban J connectivity index is 1.39. The minimum Gasteiger partial charge on any atom is -0.470 e. The normalized spacial score (nSPS) is 24.0. The van der Waals surface area contributed by atoms with Gasteiger partial charge in [0.25, 0.3) is 5.91 Å². The van der Waals surface area contributed by atoms with Gasteiger partial charge in [0.1, 0.15) is 12.1 Å². The first-order chi connectivity index (χ1) is 15.0. The summed E-state index contributed by atoms with van der Waals surface area (Å²) in [6.45, 7) is 6.45. The number of amides is 1. The molecule has 2 aromatic rings. The molecule has 3 heterocycles. The van der Waals surface area contributed by atoms with Crippen LogP contribution in [0.25, 0.3) is 0 Å². The molecular formula is C23H32N6O2. The molecule has 3 atom stereocenters. The van der Waals surface area contributed by atoms with Crippen LogP contribution in [0.1, 0.15) is 64.3 Å². The van der Waals surface area contributed by atoms with E-state index in [0.717, 1.165) is 31.5 Å². The molecule has 0 radical (unpaired) electrons. The molecule has 0 bridgehead atoms. The maximum Gasteiger partial charge on any atom is 0.276 e. The number of piperidine rings is 1. The first-order valence-corrected chi connectivity index (χ1v) is 11.3. The summed E-state index contributed by atoms with van der Waals surface area (Å²) in [5.41, 5.74) is 6.48. The lowest BCUT2D eigenvalue weighted by Crippen LogP contribution is -2.44. The average molecular weight is 425 g/mol. The summed E-state index contributed by atoms with van der Waals surface area (Å²) < 4.78 is 5.94. The van der Waals surface area contributed by atoms with Crippen LogP contribution in [0.4, 0.5) is 11.6 Å². The van der Waals surface area contributed by atoms with Gasteiger partial charge in [0, 0.05) is 18.6 Å². The van der Waals surface area contributed by atoms with Gasteiger partial charge in [0.2, 0.25) is 12.1 Å². The first kappa shape index (κ1) is 21.5. The molecular weight excluding hydrogens is 392 g/mol. The number of carbonyl (C=O) groups is 1. The van der Waals surface area contributed by atoms with Gasteiger partial charge in [0.05, 0.1) is 5.69 Å². The van der Waals surface area contributed by atoms with Crippen molar-refractivity contribution in [2.24, 2.45) is 0 Å². The second-order valence-corrected chi connectivity index (χ2v) is 8.58. The molecule has 4 rings (SSSR count). The van der Waals surface area contributed by atoms with Crippen molar-refractivity contribution in [1.82, 2.24) is 19.9 Å². The molecule has 0 aliphatic carbocycles. The number of fused-ring (bicyclic) bond motifs is 1. The number of nitrogens with zero attached hydrogens (tertiary/aromatic N) is 5. The molecule has 2 aliphatic heterocycles. The van der Waals surface area contributed by atoms with Crippen molar-refractivity contribution in [3.8, 4) is 5.75 Å². The summed E-state index contributed by atoms with van der Waals surface area (Å²) in [5.74, 6) is 0.808. The Morgan fingerprint density at radius 1 is 1.06 bits per heavy atom. The second-order valence-electron chi connectivity index (χ2n) is 8.58. The van der Waals surface area contributed by atoms with E-state index in [2.05, 4.69) is 33.7 Å². The van der Waals surface area contributed by atoms with E-state index < -0.39 is 6.10 Å². The summed E-state index contributed by atoms with van der Waals surface area (Å²) in [6, 6.07) is 8.94. The van der Waals surface area contributed by atoms with E-state index in [9.17, 15) is 4.79 Å². The molecule has 1 aromatic heterocycles. The van der Waals surface area contributed by atoms with Crippen molar-refractivity contribution < 1.29 is 9.53 Å². The Morgan fingerprint density at radius 3 is 2.58 bits per heavy atom. The monoisotopic (exact) mass is 424 g/mol. The van der Waals surface area contributed by atoms with Crippen LogP contribution in [-0.2, 0) is 4.79 Å². The molecule has 31 heavy (non-hydrogen) atoms. The molecule has 8 nitrogen and oxygen atoms in total. The van der Waals surface area contributed by atoms with Crippen LogP contribution >= 0.6 is 0 Å². The average Bonchev–Trinajstić information content (AvgIpc) is 2.76. The predicted molar refractivity (Wildman–Crippen MR) is 120 cm³/mol. The lowest BCUT2D eigenvalue weighted by atomic mass is 9.97. The Kier molecular flexibility index (Phi) is 6.65. The molecule has 1 unspecified atom stereocenters. The van der Waals surface area contributed by atoms with Crippen molar-refractivity contribution >= 4 is 17.5 Å². The third-order valence-corrected chi connectivity index (χ3v) is 6.41. The number of hydrogen-bond acceptors (Lipinski definition) is 7. The Morgan fingerprint density at radius 2 is 1.81 bits per heavy atom. The summed E-state index contributed by atoms with van der Waals surface area (Å²) in [6.07, 6.45) is 7.48. The van der Waals surface area contributed by atoms with Gasteiger partial charge >= 0.3 is 0 Å². The lowest BCUT2D eigenvalue weighted by molar-refractivity contribution is -0.127. The van der Waals surface area contributed by atoms with E-state index >= 15 is 0 Å². The number of carbonyl (C=O) groups excluding carboxylic acids is 1. The van der Waals surface area contributed by atoms with Crippen molar-refractivity contribution in [2.75, 3.05) is 23.7 Å². The van der Waals surface area contributed by atoms with Gasteiger partial charge in [-0.15, -0.1) is 0 Å². The van der Waals surface area contributed by atoms with Crippen molar-refractivity contribution in [3.63, 3.8) is 0 Å². The molecule has 2 N–H and O–H groups in total. The topological polar surface area (TPSA) is 97.5 Å². The minimum absolute atomic E-state index is 0.0768. The van der Waals surface area contributed by atoms with Crippen molar-refractivity contribution in [1.29, 1.82) is 0 Å². The van der Waals surface area contributed by atoms with Crippen molar-refractivity contribution in [3.05, 3.63) is 36.4 Å². The fraction of sp³-hybridized carbons (Fsp3) is 0.565. The largest absolute Gasteiger partial charge is 0.470 e. The highest BCUT2D eigenvalue weighted by Crippen LogP contribution is 2.38. The Hall–Kier alpha value is -2.74. The summed E-state index contributed by atoms with van der Waals surface area (Å²) in [7, 11) is 0. The van der Waals surface area contributed by atoms with Gasteiger partial charge in [-0.1, -0.05) is 25.0 Å². The molecule has 0 spiro atoms. The van der Waals surface area contributed by atoms with Crippen molar-refractivity contribution in [2.45, 2.75) is 70.6 Å². The lowest BCUT2D eigenvalue weighted by Gasteiger charge is -2.39. The van der Waals surface area contributed by atoms with Crippen LogP contribution in [0.2, 0.25) is 0 Å². The SMILES string of the molecule is C[C@@H]1CCC[C@H](C)N1CCCCCN1C(=O)C(c2ncnc(N)n2)Oc2ccccc21. The molecule has 1 saturated heterocycles. The standard InChI is InChI=1S/C23H32N6O2/c1-16-9-8-10-17(2)28(16)13-6-3-7-14-29-18-11-4-5-12-19(18)31-20(22(29)30)21-25-15-26-23(24)27-21/h4-5,11-12,15-17,20H,3,6-10,13-14H2,1-2H3,(H2,24,25,26,27)/t16-,17+,20?. The molecule has 8 heteroatoms. The second kappa shape index (κ2) is 9.60. The number of hydrogen-bond donors (Lipinski definition) is 1. The number of rotatable bonds is 7. The van der Waals surface area contributed by atoms with E-state index in [1.54, 1.807) is 4.90 Å². The van der Waals surface area contributed by atoms with Gasteiger partial charge in [-0.2, -0.15) is 4.98 Å². The number of nitrogen functional groups attached to an aromatic ring is 1. The fourth-order valence-corrected chi connectivity index (χ4v) is 4.72. The maximum atomic E-state index is 13.2. The number of anilines is 2. The molecule has 166 valence electrons. The van der Waals surface area contributed by atoms with Gasteiger partial charge in [-0.3, -0.25) is 9.69 Å². The third kappa shape index (κ3) is 4.79. The van der Waals surface area contributed by atoms with Gasteiger partial charge in [-0.05, 0) is 58.2 Å². The maximum absolute atomic E-state index is 13.2. The smallest absolute Gasteiger partial charge is 0.276 e. The van der Waals surface area contributed by atoms with Gasteiger partial charge < -0.3 is 15.4 Å². The first-order valence-electron chi connectivity index (χ1n) is 11.3. The number of likely N-dealkylation sites (tertiary alicyclic amines) is 1. The van der Waals surface area contributed by atoms with Crippen LogP contribution in [0.15, 0.2) is 30.6 Å². The van der Waals surface area contributed by atoms with Crippen LogP contribution in [0, 0.1) is 0 Å². The Bertz CT molecular complexity index is 897. The van der Waals surface area contributed by atoms with Gasteiger partial charge in [0.15, 0.2) is 5.82 Å². The van der Waals surface area contributed by atoms with E-state index in [4.69, 9.17) is 10.5 Å². The molecule has 1 aromatic carbocycles. The number of unbranched alkanes of at least 4 members (excludes halogenated alkanes) is 2. The summed E-state index contributed by atoms with van der Waals surface area (Å²) in [5, 5.41) is 0. The van der Waals surface area contributed by atoms with Crippen LogP contribution < -0.4 is 15.4 Å². The zero-order valence-electron chi connectivity index (χ0n) is 18.4. The fourth-order valence-electron chi connectivity index (χ4n) is 4.72. The number of benzene rings is 1. The number of para-hydroxylation sites is 2. The summed E-state index contributed by atoms with van der Waals surface area (Å²) in [4.78, 5) is 29.7. The molecule has 1 fully saturated rings. The van der Waals surface area contributed by atoms with Gasteiger partial charge in [-0.25, -0.2) is 9.97 Å². The van der Waals surface area contributed by atoms with E-state index in [-0.39, 0.29) is 17.7 Å². The predicted octanol–water partition coefficient (Wildman–Crippen LogP) is 3.35. The molecule has 1 amide bonds. The quantitative estimate of drug-likeness (QED) is 0.681. The zero-order chi connectivity index (χ0) is 21.8. The van der Waals surface area contributed by atoms with Crippen LogP contribution in [-0.4, -0.2) is 50.9 Å². The minimum atomic E-state index is -0.907. The highest BCUT2D eigenvalue weighted by molar-refractivity contribution is 6.00. The number of ether oxygens (including phenoxy) is 1. The molecule has 0 saturated carbocycles. The molecule has 2 aliphatic rings. The third-order valence-electron chi connectivity index (χ3n) is 6.41. The highest BCUT2D eigenvalue weighted by Gasteiger charge is 2.37.